The van der Waals surface area contributed by atoms with Crippen molar-refractivity contribution in [2.45, 2.75) is 24.2 Å². The Morgan fingerprint density at radius 3 is 2.50 bits per heavy atom. The van der Waals surface area contributed by atoms with Gasteiger partial charge in [-0.25, -0.2) is 13.1 Å². The first-order valence-electron chi connectivity index (χ1n) is 8.52. The number of benzene rings is 2. The van der Waals surface area contributed by atoms with Crippen molar-refractivity contribution in [1.29, 1.82) is 0 Å². The van der Waals surface area contributed by atoms with Crippen LogP contribution in [0.25, 0.3) is 0 Å². The molecule has 0 saturated heterocycles. The van der Waals surface area contributed by atoms with E-state index in [-0.39, 0.29) is 47.0 Å². The summed E-state index contributed by atoms with van der Waals surface area (Å²) >= 11 is 6.06. The fourth-order valence-corrected chi connectivity index (χ4v) is 4.14. The van der Waals surface area contributed by atoms with E-state index in [2.05, 4.69) is 14.8 Å². The van der Waals surface area contributed by atoms with Crippen LogP contribution in [0.3, 0.4) is 0 Å². The van der Waals surface area contributed by atoms with E-state index < -0.39 is 22.8 Å². The maximum atomic E-state index is 12.6. The summed E-state index contributed by atoms with van der Waals surface area (Å²) in [5.41, 5.74) is 1.37. The SMILES string of the molecule is O=C1COc2cc(S(=O)(=O)NCc3ccc(COCC(F)(F)F)cc3)c(Cl)cc2N1. The third-order valence-corrected chi connectivity index (χ3v) is 5.85. The summed E-state index contributed by atoms with van der Waals surface area (Å²) in [6.07, 6.45) is -4.40. The van der Waals surface area contributed by atoms with Crippen LogP contribution in [0, 0.1) is 0 Å². The van der Waals surface area contributed by atoms with Crippen molar-refractivity contribution in [2.24, 2.45) is 0 Å². The second kappa shape index (κ2) is 8.80. The fourth-order valence-electron chi connectivity index (χ4n) is 2.58. The van der Waals surface area contributed by atoms with Crippen LogP contribution in [0.15, 0.2) is 41.3 Å². The minimum atomic E-state index is -4.40. The summed E-state index contributed by atoms with van der Waals surface area (Å²) in [6, 6.07) is 8.74. The highest BCUT2D eigenvalue weighted by atomic mass is 35.5. The topological polar surface area (TPSA) is 93.7 Å². The number of amides is 1. The number of rotatable bonds is 7. The maximum absolute atomic E-state index is 12.6. The number of hydrogen-bond donors (Lipinski definition) is 2. The summed E-state index contributed by atoms with van der Waals surface area (Å²) in [4.78, 5) is 11.1. The Balaban J connectivity index is 1.63. The molecule has 0 spiro atoms. The number of carbonyl (C=O) groups excluding carboxylic acids is 1. The quantitative estimate of drug-likeness (QED) is 0.656. The molecule has 1 aliphatic rings. The number of fused-ring (bicyclic) bond motifs is 1. The van der Waals surface area contributed by atoms with Gasteiger partial charge in [0.1, 0.15) is 17.3 Å². The van der Waals surface area contributed by atoms with Crippen molar-refractivity contribution >= 4 is 33.2 Å². The van der Waals surface area contributed by atoms with Gasteiger partial charge in [-0.1, -0.05) is 35.9 Å². The van der Waals surface area contributed by atoms with E-state index in [1.54, 1.807) is 24.3 Å². The molecule has 1 aliphatic heterocycles. The summed E-state index contributed by atoms with van der Waals surface area (Å²) in [5, 5.41) is 2.44. The van der Waals surface area contributed by atoms with Crippen molar-refractivity contribution < 1.29 is 35.9 Å². The van der Waals surface area contributed by atoms with Crippen LogP contribution >= 0.6 is 11.6 Å². The molecule has 3 rings (SSSR count). The van der Waals surface area contributed by atoms with Crippen molar-refractivity contribution in [1.82, 2.24) is 4.72 Å². The maximum Gasteiger partial charge on any atom is 0.411 e. The first kappa shape index (κ1) is 22.3. The molecule has 12 heteroatoms. The van der Waals surface area contributed by atoms with Crippen molar-refractivity contribution in [2.75, 3.05) is 18.5 Å². The van der Waals surface area contributed by atoms with E-state index in [0.29, 0.717) is 11.1 Å². The predicted molar refractivity (Wildman–Crippen MR) is 102 cm³/mol. The van der Waals surface area contributed by atoms with Gasteiger partial charge in [-0.15, -0.1) is 0 Å². The van der Waals surface area contributed by atoms with Gasteiger partial charge in [-0.3, -0.25) is 4.79 Å². The number of hydrogen-bond acceptors (Lipinski definition) is 5. The van der Waals surface area contributed by atoms with E-state index in [4.69, 9.17) is 16.3 Å². The molecule has 0 unspecified atom stereocenters. The highest BCUT2D eigenvalue weighted by molar-refractivity contribution is 7.89. The largest absolute Gasteiger partial charge is 0.482 e. The van der Waals surface area contributed by atoms with Gasteiger partial charge in [0.2, 0.25) is 10.0 Å². The molecule has 2 aromatic carbocycles. The second-order valence-electron chi connectivity index (χ2n) is 6.36. The van der Waals surface area contributed by atoms with E-state index >= 15 is 0 Å². The number of anilines is 1. The third kappa shape index (κ3) is 5.85. The number of nitrogens with one attached hydrogen (secondary N) is 2. The first-order valence-corrected chi connectivity index (χ1v) is 10.4. The summed E-state index contributed by atoms with van der Waals surface area (Å²) < 4.78 is 73.7. The number of carbonyl (C=O) groups is 1. The van der Waals surface area contributed by atoms with Crippen LogP contribution in [-0.4, -0.2) is 33.7 Å². The molecule has 0 fully saturated rings. The number of sulfonamides is 1. The fraction of sp³-hybridized carbons (Fsp3) is 0.278. The molecule has 2 N–H and O–H groups in total. The van der Waals surface area contributed by atoms with Crippen molar-refractivity contribution in [3.8, 4) is 5.75 Å². The Morgan fingerprint density at radius 2 is 1.83 bits per heavy atom. The van der Waals surface area contributed by atoms with Crippen molar-refractivity contribution in [3.05, 3.63) is 52.5 Å². The van der Waals surface area contributed by atoms with Crippen LogP contribution in [0.2, 0.25) is 5.02 Å². The number of halogens is 4. The van der Waals surface area contributed by atoms with E-state index in [9.17, 15) is 26.4 Å². The van der Waals surface area contributed by atoms with Gasteiger partial charge in [-0.05, 0) is 17.2 Å². The molecule has 0 radical (unpaired) electrons. The smallest absolute Gasteiger partial charge is 0.411 e. The lowest BCUT2D eigenvalue weighted by Crippen LogP contribution is -2.27. The Morgan fingerprint density at radius 1 is 1.17 bits per heavy atom. The monoisotopic (exact) mass is 464 g/mol. The first-order chi connectivity index (χ1) is 14.0. The summed E-state index contributed by atoms with van der Waals surface area (Å²) in [7, 11) is -4.00. The molecule has 0 atom stereocenters. The highest BCUT2D eigenvalue weighted by Gasteiger charge is 2.27. The van der Waals surface area contributed by atoms with Crippen LogP contribution in [-0.2, 0) is 32.7 Å². The summed E-state index contributed by atoms with van der Waals surface area (Å²) in [5.74, 6) is -0.192. The molecule has 0 bridgehead atoms. The second-order valence-corrected chi connectivity index (χ2v) is 8.51. The molecular formula is C18H16ClF3N2O5S. The highest BCUT2D eigenvalue weighted by Crippen LogP contribution is 2.35. The van der Waals surface area contributed by atoms with Gasteiger partial charge in [0.15, 0.2) is 6.61 Å². The molecule has 162 valence electrons. The van der Waals surface area contributed by atoms with E-state index in [1.807, 2.05) is 0 Å². The minimum absolute atomic E-state index is 0.0724. The average Bonchev–Trinajstić information content (AvgIpc) is 2.65. The van der Waals surface area contributed by atoms with E-state index in [0.717, 1.165) is 0 Å². The Hall–Kier alpha value is -2.34. The van der Waals surface area contributed by atoms with Gasteiger partial charge in [-0.2, -0.15) is 13.2 Å². The zero-order valence-corrected chi connectivity index (χ0v) is 16.8. The molecule has 7 nitrogen and oxygen atoms in total. The van der Waals surface area contributed by atoms with Gasteiger partial charge in [0.25, 0.3) is 5.91 Å². The van der Waals surface area contributed by atoms with Gasteiger partial charge < -0.3 is 14.8 Å². The zero-order chi connectivity index (χ0) is 21.9. The van der Waals surface area contributed by atoms with E-state index in [1.165, 1.54) is 12.1 Å². The Bertz CT molecular complexity index is 1040. The van der Waals surface area contributed by atoms with Gasteiger partial charge in [0, 0.05) is 12.6 Å². The van der Waals surface area contributed by atoms with Gasteiger partial charge >= 0.3 is 6.18 Å². The molecule has 0 saturated carbocycles. The standard InChI is InChI=1S/C18H16ClF3N2O5S/c19-13-5-14-15(29-9-17(25)24-14)6-16(13)30(26,27)23-7-11-1-3-12(4-2-11)8-28-10-18(20,21)22/h1-6,23H,7-10H2,(H,24,25). The summed E-state index contributed by atoms with van der Waals surface area (Å²) in [6.45, 7) is -1.87. The lowest BCUT2D eigenvalue weighted by Gasteiger charge is -2.19. The van der Waals surface area contributed by atoms with Crippen LogP contribution < -0.4 is 14.8 Å². The molecule has 30 heavy (non-hydrogen) atoms. The molecular weight excluding hydrogens is 449 g/mol. The normalized spacial score (nSPS) is 14.1. The molecule has 0 aromatic heterocycles. The lowest BCUT2D eigenvalue weighted by atomic mass is 10.1. The Labute approximate surface area is 175 Å². The number of ether oxygens (including phenoxy) is 2. The molecule has 2 aromatic rings. The Kier molecular flexibility index (Phi) is 6.56. The minimum Gasteiger partial charge on any atom is -0.482 e. The lowest BCUT2D eigenvalue weighted by molar-refractivity contribution is -0.176. The molecule has 0 aliphatic carbocycles. The zero-order valence-electron chi connectivity index (χ0n) is 15.3. The predicted octanol–water partition coefficient (Wildman–Crippen LogP) is 3.23. The molecule has 1 heterocycles. The third-order valence-electron chi connectivity index (χ3n) is 3.98. The van der Waals surface area contributed by atoms with Crippen LogP contribution in [0.4, 0.5) is 18.9 Å². The number of alkyl halides is 3. The van der Waals surface area contributed by atoms with Gasteiger partial charge in [0.05, 0.1) is 17.3 Å². The van der Waals surface area contributed by atoms with Crippen LogP contribution in [0.1, 0.15) is 11.1 Å². The van der Waals surface area contributed by atoms with Crippen LogP contribution in [0.5, 0.6) is 5.75 Å². The molecule has 1 amide bonds. The van der Waals surface area contributed by atoms with Crippen molar-refractivity contribution in [3.63, 3.8) is 0 Å². The average molecular weight is 465 g/mol.